The maximum absolute atomic E-state index is 12.9. The molecule has 4 rings (SSSR count). The summed E-state index contributed by atoms with van der Waals surface area (Å²) in [6.07, 6.45) is 4.15. The van der Waals surface area contributed by atoms with Crippen molar-refractivity contribution in [1.29, 1.82) is 0 Å². The number of aromatic nitrogens is 2. The molecule has 30 heavy (non-hydrogen) atoms. The average molecular weight is 404 g/mol. The molecule has 1 aromatic heterocycles. The molecule has 0 bridgehead atoms. The van der Waals surface area contributed by atoms with E-state index in [9.17, 15) is 9.59 Å². The molecule has 7 nitrogen and oxygen atoms in total. The molecule has 2 amide bonds. The summed E-state index contributed by atoms with van der Waals surface area (Å²) in [5, 5.41) is 3.03. The van der Waals surface area contributed by atoms with Crippen LogP contribution >= 0.6 is 0 Å². The molecule has 1 saturated heterocycles. The molecule has 3 aromatic rings. The van der Waals surface area contributed by atoms with Gasteiger partial charge in [-0.25, -0.2) is 0 Å². The molecule has 0 saturated carbocycles. The van der Waals surface area contributed by atoms with Gasteiger partial charge in [-0.2, -0.15) is 0 Å². The van der Waals surface area contributed by atoms with Gasteiger partial charge in [0.05, 0.1) is 37.2 Å². The molecule has 1 fully saturated rings. The number of aryl methyl sites for hydroxylation is 1. The van der Waals surface area contributed by atoms with Crippen LogP contribution in [0, 0.1) is 0 Å². The van der Waals surface area contributed by atoms with Crippen LogP contribution in [0.25, 0.3) is 11.0 Å². The van der Waals surface area contributed by atoms with Crippen LogP contribution in [0.1, 0.15) is 22.8 Å². The number of rotatable bonds is 5. The van der Waals surface area contributed by atoms with Crippen molar-refractivity contribution in [2.45, 2.75) is 13.3 Å². The van der Waals surface area contributed by atoms with Crippen molar-refractivity contribution in [1.82, 2.24) is 14.9 Å². The molecule has 7 heteroatoms. The Balaban J connectivity index is 1.32. The Morgan fingerprint density at radius 2 is 1.77 bits per heavy atom. The van der Waals surface area contributed by atoms with Gasteiger partial charge in [0.2, 0.25) is 0 Å². The van der Waals surface area contributed by atoms with Gasteiger partial charge in [0.1, 0.15) is 0 Å². The van der Waals surface area contributed by atoms with E-state index in [4.69, 9.17) is 0 Å². The second-order valence-corrected chi connectivity index (χ2v) is 7.54. The minimum atomic E-state index is 0.00271. The molecule has 1 aliphatic rings. The standard InChI is InChI=1S/C23H25N5O2/c1-2-17-5-3-4-6-19(17)26-22(29)16-27-11-13-28(14-12-27)23(30)18-7-8-20-21(15-18)25-10-9-24-20/h3-10,15H,2,11-14,16H2,1H3,(H,26,29)/p+1. The summed E-state index contributed by atoms with van der Waals surface area (Å²) in [5.74, 6) is 0.0155. The number of carbonyl (C=O) groups excluding carboxylic acids is 2. The Labute approximate surface area is 175 Å². The fraction of sp³-hybridized carbons (Fsp3) is 0.304. The average Bonchev–Trinajstić information content (AvgIpc) is 2.79. The predicted octanol–water partition coefficient (Wildman–Crippen LogP) is 1.17. The first-order valence-electron chi connectivity index (χ1n) is 10.4. The number of hydrogen-bond acceptors (Lipinski definition) is 4. The number of amides is 2. The predicted molar refractivity (Wildman–Crippen MR) is 115 cm³/mol. The number of quaternary nitrogens is 1. The van der Waals surface area contributed by atoms with E-state index >= 15 is 0 Å². The van der Waals surface area contributed by atoms with Gasteiger partial charge in [-0.15, -0.1) is 0 Å². The zero-order valence-electron chi connectivity index (χ0n) is 17.1. The molecule has 154 valence electrons. The van der Waals surface area contributed by atoms with Crippen molar-refractivity contribution < 1.29 is 14.5 Å². The number of carbonyl (C=O) groups is 2. The lowest BCUT2D eigenvalue weighted by molar-refractivity contribution is -0.895. The number of nitrogens with zero attached hydrogens (tertiary/aromatic N) is 3. The van der Waals surface area contributed by atoms with E-state index in [-0.39, 0.29) is 11.8 Å². The number of fused-ring (bicyclic) bond motifs is 1. The first kappa shape index (κ1) is 20.0. The monoisotopic (exact) mass is 404 g/mol. The highest BCUT2D eigenvalue weighted by Crippen LogP contribution is 2.15. The third-order valence-corrected chi connectivity index (χ3v) is 5.56. The lowest BCUT2D eigenvalue weighted by atomic mass is 10.1. The van der Waals surface area contributed by atoms with Gasteiger partial charge in [-0.1, -0.05) is 25.1 Å². The van der Waals surface area contributed by atoms with Crippen LogP contribution in [0.15, 0.2) is 54.9 Å². The molecule has 0 radical (unpaired) electrons. The summed E-state index contributed by atoms with van der Waals surface area (Å²) < 4.78 is 0. The molecule has 0 atom stereocenters. The highest BCUT2D eigenvalue weighted by atomic mass is 16.2. The zero-order valence-corrected chi connectivity index (χ0v) is 17.1. The van der Waals surface area contributed by atoms with Crippen molar-refractivity contribution in [3.8, 4) is 0 Å². The van der Waals surface area contributed by atoms with Crippen molar-refractivity contribution in [2.24, 2.45) is 0 Å². The van der Waals surface area contributed by atoms with Crippen LogP contribution in [0.2, 0.25) is 0 Å². The van der Waals surface area contributed by atoms with E-state index in [0.717, 1.165) is 41.8 Å². The van der Waals surface area contributed by atoms with Crippen molar-refractivity contribution in [2.75, 3.05) is 38.0 Å². The van der Waals surface area contributed by atoms with Gasteiger partial charge in [-0.3, -0.25) is 19.6 Å². The number of hydrogen-bond donors (Lipinski definition) is 2. The lowest BCUT2D eigenvalue weighted by Crippen LogP contribution is -3.15. The van der Waals surface area contributed by atoms with Crippen molar-refractivity contribution >= 4 is 28.5 Å². The van der Waals surface area contributed by atoms with Crippen molar-refractivity contribution in [3.63, 3.8) is 0 Å². The Hall–Kier alpha value is -3.32. The molecule has 0 spiro atoms. The molecule has 0 unspecified atom stereocenters. The van der Waals surface area contributed by atoms with E-state index in [1.54, 1.807) is 24.5 Å². The Bertz CT molecular complexity index is 1060. The second-order valence-electron chi connectivity index (χ2n) is 7.54. The van der Waals surface area contributed by atoms with Gasteiger partial charge in [0.25, 0.3) is 11.8 Å². The summed E-state index contributed by atoms with van der Waals surface area (Å²) >= 11 is 0. The molecular formula is C23H26N5O2+. The van der Waals surface area contributed by atoms with Crippen LogP contribution in [0.3, 0.4) is 0 Å². The molecule has 0 aliphatic carbocycles. The quantitative estimate of drug-likeness (QED) is 0.669. The first-order valence-corrected chi connectivity index (χ1v) is 10.4. The Morgan fingerprint density at radius 1 is 1.03 bits per heavy atom. The molecule has 1 aliphatic heterocycles. The van der Waals surface area contributed by atoms with Gasteiger partial charge in [0, 0.05) is 23.6 Å². The number of anilines is 1. The smallest absolute Gasteiger partial charge is 0.279 e. The lowest BCUT2D eigenvalue weighted by Gasteiger charge is -2.32. The molecule has 2 aromatic carbocycles. The van der Waals surface area contributed by atoms with Crippen LogP contribution in [-0.4, -0.2) is 59.4 Å². The van der Waals surface area contributed by atoms with E-state index in [1.807, 2.05) is 35.2 Å². The van der Waals surface area contributed by atoms with E-state index in [0.29, 0.717) is 25.2 Å². The van der Waals surface area contributed by atoms with Gasteiger partial charge in [0.15, 0.2) is 6.54 Å². The zero-order chi connectivity index (χ0) is 20.9. The fourth-order valence-corrected chi connectivity index (χ4v) is 3.85. The summed E-state index contributed by atoms with van der Waals surface area (Å²) in [4.78, 5) is 36.9. The maximum atomic E-state index is 12.9. The van der Waals surface area contributed by atoms with E-state index in [2.05, 4.69) is 22.2 Å². The van der Waals surface area contributed by atoms with Crippen LogP contribution in [0.5, 0.6) is 0 Å². The summed E-state index contributed by atoms with van der Waals surface area (Å²) in [6.45, 7) is 5.25. The maximum Gasteiger partial charge on any atom is 0.279 e. The van der Waals surface area contributed by atoms with Gasteiger partial charge >= 0.3 is 0 Å². The van der Waals surface area contributed by atoms with Gasteiger partial charge < -0.3 is 15.1 Å². The highest BCUT2D eigenvalue weighted by molar-refractivity contribution is 5.97. The van der Waals surface area contributed by atoms with Crippen LogP contribution < -0.4 is 10.2 Å². The molecular weight excluding hydrogens is 378 g/mol. The Kier molecular flexibility index (Phi) is 5.99. The van der Waals surface area contributed by atoms with E-state index in [1.165, 1.54) is 4.90 Å². The largest absolute Gasteiger partial charge is 0.327 e. The minimum Gasteiger partial charge on any atom is -0.327 e. The van der Waals surface area contributed by atoms with Crippen LogP contribution in [0.4, 0.5) is 5.69 Å². The van der Waals surface area contributed by atoms with Crippen LogP contribution in [-0.2, 0) is 11.2 Å². The van der Waals surface area contributed by atoms with Crippen molar-refractivity contribution in [3.05, 3.63) is 66.0 Å². The second kappa shape index (κ2) is 9.00. The third kappa shape index (κ3) is 4.46. The molecule has 2 heterocycles. The summed E-state index contributed by atoms with van der Waals surface area (Å²) in [5.41, 5.74) is 4.14. The minimum absolute atomic E-state index is 0.00271. The topological polar surface area (TPSA) is 79.6 Å². The first-order chi connectivity index (χ1) is 14.6. The third-order valence-electron chi connectivity index (χ3n) is 5.56. The number of benzene rings is 2. The van der Waals surface area contributed by atoms with E-state index < -0.39 is 0 Å². The summed E-state index contributed by atoms with van der Waals surface area (Å²) in [6, 6.07) is 13.3. The Morgan fingerprint density at radius 3 is 2.53 bits per heavy atom. The molecule has 2 N–H and O–H groups in total. The number of piperazine rings is 1. The fourth-order valence-electron chi connectivity index (χ4n) is 3.85. The SMILES string of the molecule is CCc1ccccc1NC(=O)C[NH+]1CCN(C(=O)c2ccc3nccnc3c2)CC1. The number of para-hydroxylation sites is 1. The van der Waals surface area contributed by atoms with Gasteiger partial charge in [-0.05, 0) is 36.2 Å². The normalized spacial score (nSPS) is 14.6. The number of nitrogens with one attached hydrogen (secondary N) is 2. The summed E-state index contributed by atoms with van der Waals surface area (Å²) in [7, 11) is 0. The highest BCUT2D eigenvalue weighted by Gasteiger charge is 2.26.